The Balaban J connectivity index is 1.20. The number of amides is 1. The second-order valence-electron chi connectivity index (χ2n) is 9.13. The number of ether oxygens (including phenoxy) is 3. The first kappa shape index (κ1) is 27.4. The summed E-state index contributed by atoms with van der Waals surface area (Å²) in [5.74, 6) is 1.07. The van der Waals surface area contributed by atoms with E-state index in [1.54, 1.807) is 36.4 Å². The fourth-order valence-corrected chi connectivity index (χ4v) is 4.97. The fourth-order valence-electron chi connectivity index (χ4n) is 4.57. The molecular weight excluding hydrogens is 553 g/mol. The lowest BCUT2D eigenvalue weighted by Gasteiger charge is -2.25. The largest absolute Gasteiger partial charge is 0.506 e. The number of carbonyl (C=O) groups is 2. The molecule has 1 aliphatic heterocycles. The van der Waals surface area contributed by atoms with Gasteiger partial charge < -0.3 is 24.6 Å². The van der Waals surface area contributed by atoms with Gasteiger partial charge in [0.15, 0.2) is 0 Å². The topological polar surface area (TPSA) is 94.1 Å². The van der Waals surface area contributed by atoms with Crippen LogP contribution in [0.4, 0.5) is 4.79 Å². The molecule has 0 bridgehead atoms. The minimum Gasteiger partial charge on any atom is -0.493 e. The Morgan fingerprint density at radius 2 is 1.77 bits per heavy atom. The second-order valence-corrected chi connectivity index (χ2v) is 9.97. The molecule has 4 aromatic rings. The van der Waals surface area contributed by atoms with E-state index in [2.05, 4.69) is 5.32 Å². The van der Waals surface area contributed by atoms with E-state index >= 15 is 0 Å². The summed E-state index contributed by atoms with van der Waals surface area (Å²) in [5, 5.41) is 12.9. The van der Waals surface area contributed by atoms with Crippen LogP contribution in [0.25, 0.3) is 11.1 Å². The molecule has 7 nitrogen and oxygen atoms in total. The van der Waals surface area contributed by atoms with Gasteiger partial charge in [-0.15, -0.1) is 0 Å². The summed E-state index contributed by atoms with van der Waals surface area (Å²) < 4.78 is 16.5. The van der Waals surface area contributed by atoms with Crippen LogP contribution in [-0.2, 0) is 11.2 Å². The highest BCUT2D eigenvalue weighted by Gasteiger charge is 2.27. The zero-order valence-corrected chi connectivity index (χ0v) is 22.7. The number of benzene rings is 4. The summed E-state index contributed by atoms with van der Waals surface area (Å²) in [7, 11) is 0. The van der Waals surface area contributed by atoms with Gasteiger partial charge in [0.1, 0.15) is 23.4 Å². The number of carboxylic acid groups (broad SMARTS) is 1. The van der Waals surface area contributed by atoms with E-state index in [0.29, 0.717) is 59.4 Å². The predicted octanol–water partition coefficient (Wildman–Crippen LogP) is 7.94. The van der Waals surface area contributed by atoms with Crippen LogP contribution in [-0.4, -0.2) is 30.3 Å². The van der Waals surface area contributed by atoms with Crippen molar-refractivity contribution in [2.75, 3.05) is 13.2 Å². The standard InChI is InChI=1S/C31H25Cl2NO6/c32-22-6-3-5-21(16-22)24-7-2-1-4-19(24)12-14-34-30(35)20-8-10-23(11-9-20)39-29-18-28-25(17-26(29)33)27(13-15-38-28)40-31(36)37/h1-11,16-18,27H,12-15H2,(H,34,35)(H,36,37). The van der Waals surface area contributed by atoms with E-state index in [4.69, 9.17) is 42.5 Å². The third kappa shape index (κ3) is 6.50. The fraction of sp³-hybridized carbons (Fsp3) is 0.161. The van der Waals surface area contributed by atoms with Gasteiger partial charge in [0, 0.05) is 35.2 Å². The van der Waals surface area contributed by atoms with Crippen molar-refractivity contribution in [2.24, 2.45) is 0 Å². The molecule has 5 rings (SSSR count). The molecule has 1 amide bonds. The Labute approximate surface area is 241 Å². The third-order valence-corrected chi connectivity index (χ3v) is 7.00. The molecule has 1 unspecified atom stereocenters. The molecule has 2 N–H and O–H groups in total. The Morgan fingerprint density at radius 3 is 2.55 bits per heavy atom. The molecule has 1 atom stereocenters. The van der Waals surface area contributed by atoms with Gasteiger partial charge in [-0.2, -0.15) is 0 Å². The Hall–Kier alpha value is -4.20. The number of carbonyl (C=O) groups excluding carboxylic acids is 1. The Kier molecular flexibility index (Phi) is 8.43. The molecule has 1 aliphatic rings. The lowest BCUT2D eigenvalue weighted by molar-refractivity contribution is 0.0326. The summed E-state index contributed by atoms with van der Waals surface area (Å²) in [6, 6.07) is 25.7. The average Bonchev–Trinajstić information content (AvgIpc) is 2.94. The van der Waals surface area contributed by atoms with Crippen molar-refractivity contribution in [1.29, 1.82) is 0 Å². The first-order valence-corrected chi connectivity index (χ1v) is 13.4. The number of halogens is 2. The van der Waals surface area contributed by atoms with Gasteiger partial charge in [-0.25, -0.2) is 4.79 Å². The molecule has 0 spiro atoms. The highest BCUT2D eigenvalue weighted by atomic mass is 35.5. The normalized spacial score (nSPS) is 14.0. The second kappa shape index (κ2) is 12.3. The van der Waals surface area contributed by atoms with Gasteiger partial charge in [0.2, 0.25) is 0 Å². The number of rotatable bonds is 8. The Morgan fingerprint density at radius 1 is 0.975 bits per heavy atom. The van der Waals surface area contributed by atoms with E-state index in [1.807, 2.05) is 48.5 Å². The van der Waals surface area contributed by atoms with Crippen LogP contribution in [0.15, 0.2) is 84.9 Å². The van der Waals surface area contributed by atoms with Gasteiger partial charge in [-0.3, -0.25) is 4.79 Å². The van der Waals surface area contributed by atoms with Crippen LogP contribution in [0.1, 0.15) is 34.0 Å². The van der Waals surface area contributed by atoms with Crippen LogP contribution >= 0.6 is 23.2 Å². The molecule has 9 heteroatoms. The van der Waals surface area contributed by atoms with Crippen molar-refractivity contribution in [3.8, 4) is 28.4 Å². The van der Waals surface area contributed by atoms with Crippen LogP contribution in [0.2, 0.25) is 10.0 Å². The predicted molar refractivity (Wildman–Crippen MR) is 153 cm³/mol. The lowest BCUT2D eigenvalue weighted by Crippen LogP contribution is -2.25. The lowest BCUT2D eigenvalue weighted by atomic mass is 9.98. The van der Waals surface area contributed by atoms with Gasteiger partial charge in [0.25, 0.3) is 5.91 Å². The van der Waals surface area contributed by atoms with Crippen LogP contribution in [0, 0.1) is 0 Å². The molecule has 1 heterocycles. The van der Waals surface area contributed by atoms with Crippen LogP contribution < -0.4 is 14.8 Å². The average molecular weight is 578 g/mol. The summed E-state index contributed by atoms with van der Waals surface area (Å²) in [5.41, 5.74) is 4.26. The van der Waals surface area contributed by atoms with Crippen molar-refractivity contribution in [3.63, 3.8) is 0 Å². The highest BCUT2D eigenvalue weighted by molar-refractivity contribution is 6.32. The molecule has 0 radical (unpaired) electrons. The third-order valence-electron chi connectivity index (χ3n) is 6.47. The maximum atomic E-state index is 12.8. The quantitative estimate of drug-likeness (QED) is 0.206. The zero-order valence-electron chi connectivity index (χ0n) is 21.2. The maximum absolute atomic E-state index is 12.8. The smallest absolute Gasteiger partial charge is 0.493 e. The first-order valence-electron chi connectivity index (χ1n) is 12.6. The van der Waals surface area contributed by atoms with Gasteiger partial charge in [-0.05, 0) is 65.6 Å². The molecule has 0 aromatic heterocycles. The molecular formula is C31H25Cl2NO6. The number of fused-ring (bicyclic) bond motifs is 1. The molecule has 0 aliphatic carbocycles. The summed E-state index contributed by atoms with van der Waals surface area (Å²) in [6.45, 7) is 0.772. The minimum absolute atomic E-state index is 0.198. The summed E-state index contributed by atoms with van der Waals surface area (Å²) in [6.07, 6.45) is -0.961. The van der Waals surface area contributed by atoms with Crippen molar-refractivity contribution in [1.82, 2.24) is 5.32 Å². The highest BCUT2D eigenvalue weighted by Crippen LogP contribution is 2.42. The van der Waals surface area contributed by atoms with Crippen molar-refractivity contribution in [3.05, 3.63) is 112 Å². The van der Waals surface area contributed by atoms with E-state index in [9.17, 15) is 9.59 Å². The van der Waals surface area contributed by atoms with Crippen molar-refractivity contribution >= 4 is 35.3 Å². The molecule has 4 aromatic carbocycles. The van der Waals surface area contributed by atoms with Crippen LogP contribution in [0.3, 0.4) is 0 Å². The summed E-state index contributed by atoms with van der Waals surface area (Å²) >= 11 is 12.6. The number of nitrogens with one attached hydrogen (secondary N) is 1. The zero-order chi connectivity index (χ0) is 28.1. The van der Waals surface area contributed by atoms with Crippen molar-refractivity contribution in [2.45, 2.75) is 18.9 Å². The maximum Gasteiger partial charge on any atom is 0.506 e. The monoisotopic (exact) mass is 577 g/mol. The molecule has 0 fully saturated rings. The van der Waals surface area contributed by atoms with Gasteiger partial charge in [0.05, 0.1) is 11.6 Å². The van der Waals surface area contributed by atoms with E-state index in [0.717, 1.165) is 16.7 Å². The van der Waals surface area contributed by atoms with E-state index in [-0.39, 0.29) is 10.9 Å². The molecule has 204 valence electrons. The number of hydrogen-bond acceptors (Lipinski definition) is 5. The number of hydrogen-bond donors (Lipinski definition) is 2. The molecule has 0 saturated carbocycles. The SMILES string of the molecule is O=C(O)OC1CCOc2cc(Oc3ccc(C(=O)NCCc4ccccc4-c4cccc(Cl)c4)cc3)c(Cl)cc21. The first-order chi connectivity index (χ1) is 19.4. The molecule has 0 saturated heterocycles. The van der Waals surface area contributed by atoms with Gasteiger partial charge in [-0.1, -0.05) is 59.6 Å². The molecule has 40 heavy (non-hydrogen) atoms. The summed E-state index contributed by atoms with van der Waals surface area (Å²) in [4.78, 5) is 23.8. The van der Waals surface area contributed by atoms with Crippen LogP contribution in [0.5, 0.6) is 17.2 Å². The van der Waals surface area contributed by atoms with Gasteiger partial charge >= 0.3 is 6.16 Å². The Bertz CT molecular complexity index is 1540. The minimum atomic E-state index is -1.36. The van der Waals surface area contributed by atoms with E-state index in [1.165, 1.54) is 0 Å². The van der Waals surface area contributed by atoms with E-state index < -0.39 is 12.3 Å². The van der Waals surface area contributed by atoms with Crippen molar-refractivity contribution < 1.29 is 28.9 Å².